The molecule has 0 radical (unpaired) electrons. The number of benzene rings is 3. The van der Waals surface area contributed by atoms with Crippen LogP contribution in [0.1, 0.15) is 50.5 Å². The van der Waals surface area contributed by atoms with Gasteiger partial charge in [0.2, 0.25) is 0 Å². The molecule has 2 heterocycles. The van der Waals surface area contributed by atoms with E-state index in [2.05, 4.69) is 10.3 Å². The van der Waals surface area contributed by atoms with Crippen LogP contribution in [0.15, 0.2) is 36.4 Å². The van der Waals surface area contributed by atoms with Crippen molar-refractivity contribution in [2.75, 3.05) is 20.8 Å². The summed E-state index contributed by atoms with van der Waals surface area (Å²) in [6, 6.07) is 9.46. The molecule has 1 amide bonds. The van der Waals surface area contributed by atoms with Gasteiger partial charge in [0.05, 0.1) is 20.6 Å². The number of carbonyl (C=O) groups excluding carboxylic acids is 1. The highest BCUT2D eigenvalue weighted by Crippen LogP contribution is 2.39. The first kappa shape index (κ1) is 27.0. The minimum atomic E-state index is -0.994. The number of hydrogen-bond acceptors (Lipinski definition) is 6. The Hall–Kier alpha value is -4.54. The third kappa shape index (κ3) is 4.72. The number of nitrogens with zero attached hydrogens (tertiary/aromatic N) is 4. The van der Waals surface area contributed by atoms with E-state index in [4.69, 9.17) is 9.47 Å². The van der Waals surface area contributed by atoms with Crippen molar-refractivity contribution in [3.63, 3.8) is 0 Å². The van der Waals surface area contributed by atoms with E-state index in [1.807, 2.05) is 31.2 Å². The van der Waals surface area contributed by atoms with Gasteiger partial charge in [0, 0.05) is 38.2 Å². The second kappa shape index (κ2) is 10.6. The first-order valence-electron chi connectivity index (χ1n) is 12.7. The Morgan fingerprint density at radius 2 is 1.80 bits per heavy atom. The predicted molar refractivity (Wildman–Crippen MR) is 142 cm³/mol. The molecule has 0 aliphatic carbocycles. The second-order valence-corrected chi connectivity index (χ2v) is 9.82. The highest BCUT2D eigenvalue weighted by Gasteiger charge is 2.29. The molecule has 1 unspecified atom stereocenters. The number of carbonyl (C=O) groups is 2. The first-order chi connectivity index (χ1) is 19.1. The van der Waals surface area contributed by atoms with E-state index in [1.165, 1.54) is 19.1 Å². The molecular formula is C29H28F2N4O5. The van der Waals surface area contributed by atoms with Crippen molar-refractivity contribution in [2.45, 2.75) is 32.2 Å². The van der Waals surface area contributed by atoms with Crippen LogP contribution in [0.3, 0.4) is 0 Å². The monoisotopic (exact) mass is 550 g/mol. The molecule has 9 nitrogen and oxygen atoms in total. The second-order valence-electron chi connectivity index (χ2n) is 9.82. The van der Waals surface area contributed by atoms with Crippen molar-refractivity contribution < 1.29 is 33.0 Å². The summed E-state index contributed by atoms with van der Waals surface area (Å²) < 4.78 is 41.4. The predicted octanol–water partition coefficient (Wildman–Crippen LogP) is 4.38. The average Bonchev–Trinajstić information content (AvgIpc) is 3.33. The smallest absolute Gasteiger partial charge is 0.304 e. The third-order valence-corrected chi connectivity index (χ3v) is 7.51. The fourth-order valence-corrected chi connectivity index (χ4v) is 5.44. The lowest BCUT2D eigenvalue weighted by Gasteiger charge is -2.30. The summed E-state index contributed by atoms with van der Waals surface area (Å²) in [6.45, 7) is 2.28. The standard InChI is InChI=1S/C29H28F2N4O5/c1-15-20(12-24(40-4)28-27(15)32-33-34(28)2)21(13-25(36)37)17-6-5-16-7-8-35(14-18(16)9-17)29(38)26-22(30)10-19(39-3)11-23(26)31/h5-6,9-12,21H,7-8,13-14H2,1-4H3,(H,36,37). The number of ether oxygens (including phenoxy) is 2. The average molecular weight is 551 g/mol. The van der Waals surface area contributed by atoms with Gasteiger partial charge in [-0.15, -0.1) is 5.10 Å². The van der Waals surface area contributed by atoms with Gasteiger partial charge in [-0.2, -0.15) is 0 Å². The van der Waals surface area contributed by atoms with Crippen LogP contribution in [0, 0.1) is 18.6 Å². The number of methoxy groups -OCH3 is 2. The van der Waals surface area contributed by atoms with Crippen molar-refractivity contribution in [3.8, 4) is 11.5 Å². The van der Waals surface area contributed by atoms with E-state index in [-0.39, 0.29) is 25.3 Å². The lowest BCUT2D eigenvalue weighted by molar-refractivity contribution is -0.137. The summed E-state index contributed by atoms with van der Waals surface area (Å²) >= 11 is 0. The van der Waals surface area contributed by atoms with E-state index in [9.17, 15) is 23.5 Å². The zero-order valence-corrected chi connectivity index (χ0v) is 22.5. The van der Waals surface area contributed by atoms with Crippen LogP contribution in [-0.2, 0) is 24.8 Å². The van der Waals surface area contributed by atoms with Gasteiger partial charge in [0.25, 0.3) is 5.91 Å². The molecular weight excluding hydrogens is 522 g/mol. The van der Waals surface area contributed by atoms with Gasteiger partial charge in [0.1, 0.15) is 39.7 Å². The number of carboxylic acids is 1. The lowest BCUT2D eigenvalue weighted by atomic mass is 9.83. The number of aromatic nitrogens is 3. The Morgan fingerprint density at radius 1 is 1.07 bits per heavy atom. The number of amides is 1. The molecule has 0 saturated heterocycles. The molecule has 1 aliphatic heterocycles. The maximum Gasteiger partial charge on any atom is 0.304 e. The van der Waals surface area contributed by atoms with Crippen LogP contribution in [0.2, 0.25) is 0 Å². The van der Waals surface area contributed by atoms with E-state index in [0.717, 1.165) is 39.9 Å². The van der Waals surface area contributed by atoms with Crippen LogP contribution in [0.5, 0.6) is 11.5 Å². The maximum atomic E-state index is 14.6. The Kier molecular flexibility index (Phi) is 7.14. The zero-order valence-electron chi connectivity index (χ0n) is 22.5. The van der Waals surface area contributed by atoms with Gasteiger partial charge in [0.15, 0.2) is 0 Å². The van der Waals surface area contributed by atoms with Crippen LogP contribution in [0.4, 0.5) is 8.78 Å². The summed E-state index contributed by atoms with van der Waals surface area (Å²) in [4.78, 5) is 26.6. The fraction of sp³-hybridized carbons (Fsp3) is 0.310. The Balaban J connectivity index is 1.53. The van der Waals surface area contributed by atoms with E-state index >= 15 is 0 Å². The van der Waals surface area contributed by atoms with Gasteiger partial charge >= 0.3 is 5.97 Å². The summed E-state index contributed by atoms with van der Waals surface area (Å²) in [5, 5.41) is 18.2. The van der Waals surface area contributed by atoms with Gasteiger partial charge in [-0.1, -0.05) is 23.4 Å². The maximum absolute atomic E-state index is 14.6. The van der Waals surface area contributed by atoms with Crippen LogP contribution >= 0.6 is 0 Å². The summed E-state index contributed by atoms with van der Waals surface area (Å²) in [5.74, 6) is -3.77. The molecule has 40 heavy (non-hydrogen) atoms. The summed E-state index contributed by atoms with van der Waals surface area (Å²) in [6.07, 6.45) is 0.294. The Bertz CT molecular complexity index is 1630. The topological polar surface area (TPSA) is 107 Å². The minimum absolute atomic E-state index is 0.0174. The van der Waals surface area contributed by atoms with Crippen molar-refractivity contribution in [1.29, 1.82) is 0 Å². The van der Waals surface area contributed by atoms with E-state index in [1.54, 1.807) is 11.7 Å². The van der Waals surface area contributed by atoms with Crippen LogP contribution in [-0.4, -0.2) is 57.6 Å². The normalized spacial score (nSPS) is 13.7. The number of aryl methyl sites for hydroxylation is 2. The molecule has 1 aliphatic rings. The number of hydrogen-bond donors (Lipinski definition) is 1. The minimum Gasteiger partial charge on any atom is -0.497 e. The highest BCUT2D eigenvalue weighted by molar-refractivity contribution is 5.95. The van der Waals surface area contributed by atoms with Crippen molar-refractivity contribution in [2.24, 2.45) is 7.05 Å². The molecule has 0 saturated carbocycles. The molecule has 0 bridgehead atoms. The third-order valence-electron chi connectivity index (χ3n) is 7.51. The number of rotatable bonds is 7. The molecule has 1 N–H and O–H groups in total. The number of aliphatic carboxylic acids is 1. The van der Waals surface area contributed by atoms with E-state index < -0.39 is 35.0 Å². The fourth-order valence-electron chi connectivity index (χ4n) is 5.44. The molecule has 1 atom stereocenters. The molecule has 1 aromatic heterocycles. The highest BCUT2D eigenvalue weighted by atomic mass is 19.1. The molecule has 5 rings (SSSR count). The van der Waals surface area contributed by atoms with E-state index in [0.29, 0.717) is 23.2 Å². The van der Waals surface area contributed by atoms with Gasteiger partial charge in [-0.25, -0.2) is 13.5 Å². The summed E-state index contributed by atoms with van der Waals surface area (Å²) in [5.41, 5.74) is 4.70. The van der Waals surface area contributed by atoms with Crippen LogP contribution < -0.4 is 9.47 Å². The molecule has 208 valence electrons. The molecule has 3 aromatic carbocycles. The van der Waals surface area contributed by atoms with Gasteiger partial charge in [-0.3, -0.25) is 9.59 Å². The lowest BCUT2D eigenvalue weighted by Crippen LogP contribution is -2.37. The molecule has 0 fully saturated rings. The largest absolute Gasteiger partial charge is 0.497 e. The SMILES string of the molecule is COc1cc(F)c(C(=O)N2CCc3ccc(C(CC(=O)O)c4cc(OC)c5c(nnn5C)c4C)cc3C2)c(F)c1. The Morgan fingerprint density at radius 3 is 2.45 bits per heavy atom. The number of halogens is 2. The zero-order chi connectivity index (χ0) is 28.7. The molecule has 4 aromatic rings. The summed E-state index contributed by atoms with van der Waals surface area (Å²) in [7, 11) is 4.58. The molecule has 11 heteroatoms. The van der Waals surface area contributed by atoms with Crippen LogP contribution in [0.25, 0.3) is 11.0 Å². The number of carboxylic acid groups (broad SMARTS) is 1. The Labute approximate surface area is 228 Å². The van der Waals surface area contributed by atoms with Gasteiger partial charge in [-0.05, 0) is 47.2 Å². The molecule has 0 spiro atoms. The quantitative estimate of drug-likeness (QED) is 0.364. The first-order valence-corrected chi connectivity index (χ1v) is 12.7. The van der Waals surface area contributed by atoms with Gasteiger partial charge < -0.3 is 19.5 Å². The number of fused-ring (bicyclic) bond motifs is 2. The van der Waals surface area contributed by atoms with Crippen molar-refractivity contribution in [1.82, 2.24) is 19.9 Å². The van der Waals surface area contributed by atoms with Crippen molar-refractivity contribution in [3.05, 3.63) is 81.4 Å². The van der Waals surface area contributed by atoms with Crippen molar-refractivity contribution >= 4 is 22.9 Å².